The minimum atomic E-state index is -1.39. The zero-order valence-electron chi connectivity index (χ0n) is 31.1. The van der Waals surface area contributed by atoms with Gasteiger partial charge in [0.1, 0.15) is 23.7 Å². The molecule has 0 spiro atoms. The topological polar surface area (TPSA) is 242 Å². The van der Waals surface area contributed by atoms with Gasteiger partial charge in [-0.1, -0.05) is 52.3 Å². The maximum Gasteiger partial charge on any atom is 0.308 e. The van der Waals surface area contributed by atoms with E-state index in [1.165, 1.54) is 4.90 Å². The van der Waals surface area contributed by atoms with Crippen LogP contribution in [0.15, 0.2) is 35.6 Å². The van der Waals surface area contributed by atoms with Crippen molar-refractivity contribution in [2.24, 2.45) is 22.7 Å². The molecule has 2 aromatic rings. The summed E-state index contributed by atoms with van der Waals surface area (Å²) in [4.78, 5) is 87.3. The predicted molar refractivity (Wildman–Crippen MR) is 194 cm³/mol. The molecule has 6 atom stereocenters. The fourth-order valence-corrected chi connectivity index (χ4v) is 6.18. The maximum absolute atomic E-state index is 14.1. The van der Waals surface area contributed by atoms with Gasteiger partial charge in [0.25, 0.3) is 0 Å². The number of hydrogen-bond donors (Lipinski definition) is 5. The van der Waals surface area contributed by atoms with Gasteiger partial charge in [-0.05, 0) is 80.6 Å². The highest BCUT2D eigenvalue weighted by molar-refractivity contribution is 5.97. The molecule has 3 rings (SSSR count). The summed E-state index contributed by atoms with van der Waals surface area (Å²) in [6.45, 7) is 12.5. The largest absolute Gasteiger partial charge is 0.460 e. The number of rotatable bonds is 16. The van der Waals surface area contributed by atoms with Gasteiger partial charge in [-0.2, -0.15) is 0 Å². The summed E-state index contributed by atoms with van der Waals surface area (Å²) in [6.07, 6.45) is 2.85. The van der Waals surface area contributed by atoms with Crippen molar-refractivity contribution in [1.29, 1.82) is 0 Å². The average molecular weight is 724 g/mol. The third-order valence-electron chi connectivity index (χ3n) is 8.95. The molecule has 1 aromatic heterocycles. The van der Waals surface area contributed by atoms with Crippen LogP contribution >= 0.6 is 0 Å². The molecule has 0 unspecified atom stereocenters. The Labute approximate surface area is 304 Å². The Morgan fingerprint density at radius 3 is 2.37 bits per heavy atom. The molecule has 16 nitrogen and oxygen atoms in total. The molecule has 2 heterocycles. The van der Waals surface area contributed by atoms with Crippen LogP contribution in [0.25, 0.3) is 21.3 Å². The molecule has 1 fully saturated rings. The number of H-pyrrole nitrogens is 1. The molecular formula is C36H53N9O7. The van der Waals surface area contributed by atoms with Crippen LogP contribution in [0.3, 0.4) is 0 Å². The third kappa shape index (κ3) is 11.5. The first-order chi connectivity index (χ1) is 24.4. The first-order valence-corrected chi connectivity index (χ1v) is 17.8. The number of aromatic amines is 1. The van der Waals surface area contributed by atoms with E-state index in [0.29, 0.717) is 12.8 Å². The second-order valence-corrected chi connectivity index (χ2v) is 14.8. The number of ether oxygens (including phenoxy) is 1. The smallest absolute Gasteiger partial charge is 0.308 e. The lowest BCUT2D eigenvalue weighted by Gasteiger charge is -2.32. The molecule has 6 N–H and O–H groups in total. The first kappa shape index (κ1) is 41.5. The zero-order chi connectivity index (χ0) is 38.7. The number of likely N-dealkylation sites (tertiary alicyclic amines) is 1. The predicted octanol–water partition coefficient (Wildman–Crippen LogP) is 3.14. The summed E-state index contributed by atoms with van der Waals surface area (Å²) < 4.78 is 5.47. The van der Waals surface area contributed by atoms with Gasteiger partial charge in [0, 0.05) is 28.6 Å². The highest BCUT2D eigenvalue weighted by Gasteiger charge is 2.41. The number of fused-ring (bicyclic) bond motifs is 1. The highest BCUT2D eigenvalue weighted by atomic mass is 16.6. The maximum atomic E-state index is 14.1. The van der Waals surface area contributed by atoms with Gasteiger partial charge in [0.15, 0.2) is 0 Å². The molecule has 0 bridgehead atoms. The van der Waals surface area contributed by atoms with Crippen molar-refractivity contribution in [2.75, 3.05) is 6.54 Å². The summed E-state index contributed by atoms with van der Waals surface area (Å²) >= 11 is 0. The van der Waals surface area contributed by atoms with E-state index in [-0.39, 0.29) is 37.6 Å². The number of benzene rings is 1. The number of nitrogens with two attached hydrogens (primary N) is 1. The van der Waals surface area contributed by atoms with Crippen LogP contribution in [0.4, 0.5) is 0 Å². The molecule has 1 aliphatic rings. The van der Waals surface area contributed by atoms with Gasteiger partial charge in [-0.15, -0.1) is 0 Å². The van der Waals surface area contributed by atoms with E-state index in [1.807, 2.05) is 45.0 Å². The number of hydrogen-bond acceptors (Lipinski definition) is 8. The normalized spacial score (nSPS) is 17.3. The standard InChI is InChI=1S/C36H53N9O7/c1-8-21(4)30(34(50)40-26(16-20(2)3)32(48)43-44-38)42-33(49)28-14-11-15-45(28)35(51)27(18-29(46)52-36(5,6)7)41-31(47)24(37)17-22-19-39-25-13-10-9-12-23(22)25/h9-10,12-13,19-21,24,26-28,30,39H,8,11,14-18,37H2,1-7H3,(H,40,50)(H,41,47)(H,42,49)/t21-,24-,26+,27-,28+,30-/m1/s1. The van der Waals surface area contributed by atoms with Crippen molar-refractivity contribution in [2.45, 2.75) is 123 Å². The van der Waals surface area contributed by atoms with Crippen LogP contribution in [0.1, 0.15) is 86.1 Å². The van der Waals surface area contributed by atoms with E-state index in [2.05, 4.69) is 31.0 Å². The molecule has 0 aliphatic carbocycles. The van der Waals surface area contributed by atoms with Crippen molar-refractivity contribution >= 4 is 46.4 Å². The lowest BCUT2D eigenvalue weighted by Crippen LogP contribution is -2.59. The number of nitrogens with one attached hydrogen (secondary N) is 4. The number of amides is 5. The minimum Gasteiger partial charge on any atom is -0.460 e. The third-order valence-corrected chi connectivity index (χ3v) is 8.95. The number of para-hydroxylation sites is 1. The number of esters is 1. The molecule has 1 aliphatic heterocycles. The van der Waals surface area contributed by atoms with E-state index < -0.39 is 77.7 Å². The van der Waals surface area contributed by atoms with Gasteiger partial charge < -0.3 is 36.3 Å². The summed E-state index contributed by atoms with van der Waals surface area (Å²) in [5.74, 6) is -4.53. The first-order valence-electron chi connectivity index (χ1n) is 17.8. The van der Waals surface area contributed by atoms with Crippen LogP contribution < -0.4 is 21.7 Å². The Hall–Kier alpha value is -4.95. The Kier molecular flexibility index (Phi) is 14.8. The number of azide groups is 1. The monoisotopic (exact) mass is 723 g/mol. The van der Waals surface area contributed by atoms with Crippen molar-refractivity contribution in [3.63, 3.8) is 0 Å². The Morgan fingerprint density at radius 1 is 1.06 bits per heavy atom. The molecule has 5 amide bonds. The Bertz CT molecular complexity index is 1660. The van der Waals surface area contributed by atoms with Crippen molar-refractivity contribution in [3.8, 4) is 0 Å². The van der Waals surface area contributed by atoms with Gasteiger partial charge in [-0.3, -0.25) is 28.8 Å². The van der Waals surface area contributed by atoms with Crippen LogP contribution in [0, 0.1) is 11.8 Å². The van der Waals surface area contributed by atoms with Crippen LogP contribution in [-0.4, -0.2) is 87.7 Å². The van der Waals surface area contributed by atoms with Gasteiger partial charge in [0.05, 0.1) is 18.5 Å². The van der Waals surface area contributed by atoms with Gasteiger partial charge >= 0.3 is 5.97 Å². The fourth-order valence-electron chi connectivity index (χ4n) is 6.18. The number of nitrogens with zero attached hydrogens (tertiary/aromatic N) is 4. The van der Waals surface area contributed by atoms with Crippen LogP contribution in [-0.2, 0) is 39.9 Å². The van der Waals surface area contributed by atoms with E-state index in [9.17, 15) is 28.8 Å². The second kappa shape index (κ2) is 18.5. The number of aromatic nitrogens is 1. The molecule has 0 saturated carbocycles. The quantitative estimate of drug-likeness (QED) is 0.0744. The summed E-state index contributed by atoms with van der Waals surface area (Å²) in [7, 11) is 0. The SMILES string of the molecule is CC[C@@H](C)[C@@H](NC(=O)[C@@H]1CCCN1C(=O)[C@@H](CC(=O)OC(C)(C)C)NC(=O)[C@H](N)Cc1c[nH]c2ccccc12)C(=O)N[C@@H](CC(C)C)C(=O)N=[N+]=[N-]. The molecule has 16 heteroatoms. The van der Waals surface area contributed by atoms with E-state index in [4.69, 9.17) is 16.0 Å². The van der Waals surface area contributed by atoms with Crippen molar-refractivity contribution in [1.82, 2.24) is 25.8 Å². The molecule has 284 valence electrons. The fraction of sp³-hybridized carbons (Fsp3) is 0.611. The molecule has 52 heavy (non-hydrogen) atoms. The average Bonchev–Trinajstić information content (AvgIpc) is 3.72. The van der Waals surface area contributed by atoms with E-state index >= 15 is 0 Å². The van der Waals surface area contributed by atoms with Gasteiger partial charge in [0.2, 0.25) is 29.5 Å². The van der Waals surface area contributed by atoms with Crippen molar-refractivity contribution in [3.05, 3.63) is 46.5 Å². The number of carbonyl (C=O) groups is 6. The minimum absolute atomic E-state index is 0.0185. The van der Waals surface area contributed by atoms with E-state index in [0.717, 1.165) is 16.5 Å². The van der Waals surface area contributed by atoms with E-state index in [1.54, 1.807) is 33.9 Å². The lowest BCUT2D eigenvalue weighted by molar-refractivity contribution is -0.157. The summed E-state index contributed by atoms with van der Waals surface area (Å²) in [5.41, 5.74) is 15.9. The Balaban J connectivity index is 1.81. The highest BCUT2D eigenvalue weighted by Crippen LogP contribution is 2.22. The van der Waals surface area contributed by atoms with Crippen LogP contribution in [0.5, 0.6) is 0 Å². The summed E-state index contributed by atoms with van der Waals surface area (Å²) in [5, 5.41) is 12.1. The van der Waals surface area contributed by atoms with Crippen LogP contribution in [0.2, 0.25) is 0 Å². The Morgan fingerprint density at radius 2 is 1.73 bits per heavy atom. The van der Waals surface area contributed by atoms with Gasteiger partial charge in [-0.25, -0.2) is 0 Å². The molecule has 0 radical (unpaired) electrons. The van der Waals surface area contributed by atoms with Crippen molar-refractivity contribution < 1.29 is 33.5 Å². The second-order valence-electron chi connectivity index (χ2n) is 14.8. The number of carbonyl (C=O) groups excluding carboxylic acids is 6. The molecular weight excluding hydrogens is 670 g/mol. The zero-order valence-corrected chi connectivity index (χ0v) is 31.1. The molecule has 1 aromatic carbocycles. The lowest BCUT2D eigenvalue weighted by atomic mass is 9.96. The molecule has 1 saturated heterocycles. The summed E-state index contributed by atoms with van der Waals surface area (Å²) in [6, 6.07) is 1.93.